The number of benzene rings is 3. The molecule has 39 heavy (non-hydrogen) atoms. The van der Waals surface area contributed by atoms with Crippen LogP contribution in [0.5, 0.6) is 0 Å². The number of ketones is 1. The molecule has 2 N–H and O–H groups in total. The highest BCUT2D eigenvalue weighted by molar-refractivity contribution is 9.10. The summed E-state index contributed by atoms with van der Waals surface area (Å²) in [7, 11) is 2.28. The normalized spacial score (nSPS) is 15.1. The van der Waals surface area contributed by atoms with Crippen LogP contribution < -0.4 is 10.6 Å². The summed E-state index contributed by atoms with van der Waals surface area (Å²) in [5.41, 5.74) is 6.83. The van der Waals surface area contributed by atoms with E-state index in [-0.39, 0.29) is 39.5 Å². The molecule has 1 heterocycles. The zero-order chi connectivity index (χ0) is 28.3. The topological polar surface area (TPSA) is 123 Å². The van der Waals surface area contributed by atoms with E-state index in [9.17, 15) is 24.0 Å². The van der Waals surface area contributed by atoms with Gasteiger partial charge < -0.3 is 15.2 Å². The molecular formula is C29H21BrFN3O5. The first kappa shape index (κ1) is 27.3. The first-order chi connectivity index (χ1) is 18.7. The van der Waals surface area contributed by atoms with E-state index in [1.165, 1.54) is 24.3 Å². The molecule has 0 fully saturated rings. The highest BCUT2D eigenvalue weighted by atomic mass is 79.9. The number of halogens is 2. The van der Waals surface area contributed by atoms with Crippen LogP contribution in [0.15, 0.2) is 99.9 Å². The van der Waals surface area contributed by atoms with Crippen LogP contribution in [0, 0.1) is 17.1 Å². The summed E-state index contributed by atoms with van der Waals surface area (Å²) in [6.07, 6.45) is 0. The van der Waals surface area contributed by atoms with Crippen LogP contribution >= 0.6 is 15.9 Å². The van der Waals surface area contributed by atoms with Gasteiger partial charge in [0.25, 0.3) is 0 Å². The van der Waals surface area contributed by atoms with Gasteiger partial charge in [0.1, 0.15) is 17.3 Å². The van der Waals surface area contributed by atoms with Gasteiger partial charge in [0.2, 0.25) is 0 Å². The van der Waals surface area contributed by atoms with Crippen LogP contribution in [0.25, 0.3) is 0 Å². The van der Waals surface area contributed by atoms with Gasteiger partial charge in [-0.2, -0.15) is 5.26 Å². The van der Waals surface area contributed by atoms with Gasteiger partial charge in [-0.1, -0.05) is 46.3 Å². The van der Waals surface area contributed by atoms with Crippen LogP contribution in [0.4, 0.5) is 10.1 Å². The van der Waals surface area contributed by atoms with Crippen LogP contribution in [-0.4, -0.2) is 31.9 Å². The summed E-state index contributed by atoms with van der Waals surface area (Å²) in [4.78, 5) is 41.4. The molecule has 1 aliphatic rings. The van der Waals surface area contributed by atoms with Gasteiger partial charge in [0.15, 0.2) is 5.78 Å². The van der Waals surface area contributed by atoms with Crippen molar-refractivity contribution in [2.24, 2.45) is 5.73 Å². The van der Waals surface area contributed by atoms with Crippen molar-refractivity contribution in [2.75, 3.05) is 19.1 Å². The average molecular weight is 590 g/mol. The average Bonchev–Trinajstić information content (AvgIpc) is 2.96. The minimum Gasteiger partial charge on any atom is -0.466 e. The summed E-state index contributed by atoms with van der Waals surface area (Å²) < 4.78 is 24.2. The van der Waals surface area contributed by atoms with Crippen LogP contribution in [0.2, 0.25) is 0 Å². The number of nitrogens with zero attached hydrogens (tertiary/aromatic N) is 2. The molecule has 1 aliphatic heterocycles. The Bertz CT molecular complexity index is 1580. The summed E-state index contributed by atoms with van der Waals surface area (Å²) in [6, 6.07) is 20.2. The van der Waals surface area contributed by atoms with E-state index < -0.39 is 29.5 Å². The van der Waals surface area contributed by atoms with Crippen molar-refractivity contribution >= 4 is 39.3 Å². The smallest absolute Gasteiger partial charge is 0.355 e. The second kappa shape index (κ2) is 11.3. The number of hydrogen-bond donors (Lipinski definition) is 1. The first-order valence-electron chi connectivity index (χ1n) is 11.5. The van der Waals surface area contributed by atoms with E-state index in [0.29, 0.717) is 10.0 Å². The number of esters is 2. The highest BCUT2D eigenvalue weighted by Crippen LogP contribution is 2.44. The van der Waals surface area contributed by atoms with E-state index in [2.05, 4.69) is 22.0 Å². The van der Waals surface area contributed by atoms with Crippen LogP contribution in [-0.2, 0) is 19.1 Å². The fraction of sp³-hybridized carbons (Fsp3) is 0.103. The standard InChI is InChI=1S/C29H21BrFN3O5/c1-38-28(36)24-23(16-6-4-3-5-7-16)21(15-32)27(33)34(25(24)29(37)39-2)22-13-10-18(30)14-20(22)26(35)17-8-11-19(31)12-9-17/h3-14,23H,33H2,1-2H3. The maximum atomic E-state index is 13.6. The van der Waals surface area contributed by atoms with Crippen LogP contribution in [0.1, 0.15) is 27.4 Å². The molecule has 3 aromatic carbocycles. The fourth-order valence-electron chi connectivity index (χ4n) is 4.41. The molecule has 0 amide bonds. The number of hydrogen-bond acceptors (Lipinski definition) is 8. The molecular weight excluding hydrogens is 569 g/mol. The summed E-state index contributed by atoms with van der Waals surface area (Å²) in [5, 5.41) is 10.2. The minimum atomic E-state index is -1.05. The Morgan fingerprint density at radius 2 is 1.62 bits per heavy atom. The first-order valence-corrected chi connectivity index (χ1v) is 12.3. The van der Waals surface area contributed by atoms with Gasteiger partial charge in [-0.25, -0.2) is 14.0 Å². The number of anilines is 1. The SMILES string of the molecule is COC(=O)C1=C(C(=O)OC)N(c2ccc(Br)cc2C(=O)c2ccc(F)cc2)C(N)=C(C#N)C1c1ccccc1. The number of nitrogens with two attached hydrogens (primary N) is 1. The number of carbonyl (C=O) groups excluding carboxylic acids is 3. The molecule has 196 valence electrons. The Morgan fingerprint density at radius 1 is 0.974 bits per heavy atom. The van der Waals surface area contributed by atoms with E-state index in [1.807, 2.05) is 0 Å². The number of allylic oxidation sites excluding steroid dienone is 1. The molecule has 0 saturated heterocycles. The van der Waals surface area contributed by atoms with Gasteiger partial charge in [-0.3, -0.25) is 9.69 Å². The third-order valence-electron chi connectivity index (χ3n) is 6.16. The Kier molecular flexibility index (Phi) is 7.93. The molecule has 1 atom stereocenters. The number of methoxy groups -OCH3 is 2. The third-order valence-corrected chi connectivity index (χ3v) is 6.65. The molecule has 1 unspecified atom stereocenters. The second-order valence-corrected chi connectivity index (χ2v) is 9.25. The van der Waals surface area contributed by atoms with Crippen LogP contribution in [0.3, 0.4) is 0 Å². The Hall–Kier alpha value is -4.75. The van der Waals surface area contributed by atoms with Gasteiger partial charge in [0, 0.05) is 15.6 Å². The van der Waals surface area contributed by atoms with E-state index in [4.69, 9.17) is 15.2 Å². The Balaban J connectivity index is 2.07. The van der Waals surface area contributed by atoms with Crippen molar-refractivity contribution in [1.29, 1.82) is 5.26 Å². The minimum absolute atomic E-state index is 0.0441. The summed E-state index contributed by atoms with van der Waals surface area (Å²) in [5.74, 6) is -4.12. The number of rotatable bonds is 6. The van der Waals surface area contributed by atoms with Crippen molar-refractivity contribution in [3.63, 3.8) is 0 Å². The van der Waals surface area contributed by atoms with E-state index >= 15 is 0 Å². The molecule has 0 saturated carbocycles. The predicted molar refractivity (Wildman–Crippen MR) is 144 cm³/mol. The quantitative estimate of drug-likeness (QED) is 0.324. The zero-order valence-corrected chi connectivity index (χ0v) is 22.4. The lowest BCUT2D eigenvalue weighted by Crippen LogP contribution is -2.41. The summed E-state index contributed by atoms with van der Waals surface area (Å²) in [6.45, 7) is 0. The maximum absolute atomic E-state index is 13.6. The fourth-order valence-corrected chi connectivity index (χ4v) is 4.77. The second-order valence-electron chi connectivity index (χ2n) is 8.33. The maximum Gasteiger partial charge on any atom is 0.355 e. The van der Waals surface area contributed by atoms with Crippen molar-refractivity contribution in [1.82, 2.24) is 0 Å². The van der Waals surface area contributed by atoms with Crippen molar-refractivity contribution in [3.05, 3.63) is 122 Å². The largest absolute Gasteiger partial charge is 0.466 e. The molecule has 10 heteroatoms. The highest BCUT2D eigenvalue weighted by Gasteiger charge is 2.43. The molecule has 0 spiro atoms. The third kappa shape index (κ3) is 5.04. The number of carbonyl (C=O) groups is 3. The van der Waals surface area contributed by atoms with Gasteiger partial charge >= 0.3 is 11.9 Å². The van der Waals surface area contributed by atoms with Crippen molar-refractivity contribution < 1.29 is 28.2 Å². The van der Waals surface area contributed by atoms with Crippen molar-refractivity contribution in [2.45, 2.75) is 5.92 Å². The van der Waals surface area contributed by atoms with E-state index in [0.717, 1.165) is 31.3 Å². The molecule has 0 aromatic heterocycles. The number of ether oxygens (including phenoxy) is 2. The number of nitriles is 1. The lowest BCUT2D eigenvalue weighted by Gasteiger charge is -2.36. The van der Waals surface area contributed by atoms with E-state index in [1.54, 1.807) is 36.4 Å². The van der Waals surface area contributed by atoms with Gasteiger partial charge in [-0.15, -0.1) is 0 Å². The molecule has 0 radical (unpaired) electrons. The molecule has 8 nitrogen and oxygen atoms in total. The van der Waals surface area contributed by atoms with Gasteiger partial charge in [-0.05, 0) is 48.0 Å². The van der Waals surface area contributed by atoms with Gasteiger partial charge in [0.05, 0.1) is 43.0 Å². The lowest BCUT2D eigenvalue weighted by atomic mass is 9.80. The lowest BCUT2D eigenvalue weighted by molar-refractivity contribution is -0.139. The predicted octanol–water partition coefficient (Wildman–Crippen LogP) is 4.72. The summed E-state index contributed by atoms with van der Waals surface area (Å²) >= 11 is 3.35. The molecule has 4 rings (SSSR count). The molecule has 0 bridgehead atoms. The monoisotopic (exact) mass is 589 g/mol. The Labute approximate surface area is 231 Å². The zero-order valence-electron chi connectivity index (χ0n) is 20.8. The molecule has 3 aromatic rings. The Morgan fingerprint density at radius 3 is 2.21 bits per heavy atom. The van der Waals surface area contributed by atoms with Crippen molar-refractivity contribution in [3.8, 4) is 6.07 Å². The molecule has 0 aliphatic carbocycles.